The van der Waals surface area contributed by atoms with Crippen molar-refractivity contribution in [3.8, 4) is 5.88 Å². The number of anilines is 1. The van der Waals surface area contributed by atoms with Crippen LogP contribution in [-0.2, 0) is 0 Å². The van der Waals surface area contributed by atoms with Crippen LogP contribution in [0.4, 0.5) is 5.95 Å². The quantitative estimate of drug-likeness (QED) is 0.805. The fraction of sp³-hybridized carbons (Fsp3) is 0.636. The zero-order valence-corrected chi connectivity index (χ0v) is 9.02. The molecule has 2 N–H and O–H groups in total. The highest BCUT2D eigenvalue weighted by Crippen LogP contribution is 2.26. The Balaban J connectivity index is 1.92. The summed E-state index contributed by atoms with van der Waals surface area (Å²) in [5.41, 5.74) is 5.48. The van der Waals surface area contributed by atoms with E-state index in [1.807, 2.05) is 0 Å². The van der Waals surface area contributed by atoms with Gasteiger partial charge in [0.15, 0.2) is 0 Å². The topological polar surface area (TPSA) is 61.0 Å². The van der Waals surface area contributed by atoms with Crippen molar-refractivity contribution >= 4 is 5.95 Å². The molecule has 1 aromatic heterocycles. The van der Waals surface area contributed by atoms with E-state index in [1.54, 1.807) is 12.3 Å². The zero-order chi connectivity index (χ0) is 10.7. The summed E-state index contributed by atoms with van der Waals surface area (Å²) in [6.45, 7) is 2.29. The molecule has 0 aromatic carbocycles. The van der Waals surface area contributed by atoms with Gasteiger partial charge in [0.25, 0.3) is 0 Å². The fourth-order valence-electron chi connectivity index (χ4n) is 1.94. The Morgan fingerprint density at radius 1 is 1.33 bits per heavy atom. The largest absolute Gasteiger partial charge is 0.474 e. The summed E-state index contributed by atoms with van der Waals surface area (Å²) in [5.74, 6) is 1.71. The van der Waals surface area contributed by atoms with E-state index in [2.05, 4.69) is 16.9 Å². The second kappa shape index (κ2) is 4.47. The molecule has 2 rings (SSSR count). The van der Waals surface area contributed by atoms with E-state index in [4.69, 9.17) is 10.5 Å². The Bertz CT molecular complexity index is 321. The van der Waals surface area contributed by atoms with Gasteiger partial charge in [-0.1, -0.05) is 6.92 Å². The average molecular weight is 207 g/mol. The Labute approximate surface area is 89.9 Å². The van der Waals surface area contributed by atoms with Crippen LogP contribution >= 0.6 is 0 Å². The number of hydrogen-bond acceptors (Lipinski definition) is 4. The predicted octanol–water partition coefficient (Wildman–Crippen LogP) is 2.02. The molecule has 1 saturated carbocycles. The molecule has 0 unspecified atom stereocenters. The molecule has 15 heavy (non-hydrogen) atoms. The van der Waals surface area contributed by atoms with Gasteiger partial charge in [0.1, 0.15) is 6.10 Å². The monoisotopic (exact) mass is 207 g/mol. The first-order chi connectivity index (χ1) is 7.24. The lowest BCUT2D eigenvalue weighted by Crippen LogP contribution is -2.23. The second-order valence-electron chi connectivity index (χ2n) is 4.25. The summed E-state index contributed by atoms with van der Waals surface area (Å²) >= 11 is 0. The van der Waals surface area contributed by atoms with Gasteiger partial charge >= 0.3 is 0 Å². The number of rotatable bonds is 2. The lowest BCUT2D eigenvalue weighted by Gasteiger charge is -2.26. The van der Waals surface area contributed by atoms with Crippen molar-refractivity contribution in [1.82, 2.24) is 9.97 Å². The van der Waals surface area contributed by atoms with Crippen LogP contribution in [0.3, 0.4) is 0 Å². The van der Waals surface area contributed by atoms with E-state index in [0.717, 1.165) is 18.8 Å². The minimum absolute atomic E-state index is 0.275. The third-order valence-electron chi connectivity index (χ3n) is 2.90. The van der Waals surface area contributed by atoms with Gasteiger partial charge in [-0.05, 0) is 31.6 Å². The molecule has 0 spiro atoms. The molecule has 0 radical (unpaired) electrons. The van der Waals surface area contributed by atoms with Crippen molar-refractivity contribution in [3.05, 3.63) is 12.3 Å². The van der Waals surface area contributed by atoms with E-state index >= 15 is 0 Å². The van der Waals surface area contributed by atoms with Crippen LogP contribution in [0.15, 0.2) is 12.3 Å². The molecule has 1 aromatic rings. The standard InChI is InChI=1S/C11H17N3O/c1-8-2-4-9(5-3-8)15-10-6-7-13-11(12)14-10/h6-9H,2-5H2,1H3,(H2,12,13,14). The van der Waals surface area contributed by atoms with Gasteiger partial charge in [-0.25, -0.2) is 4.98 Å². The number of nitrogen functional groups attached to an aromatic ring is 1. The molecule has 0 saturated heterocycles. The first kappa shape index (κ1) is 10.2. The Morgan fingerprint density at radius 3 is 2.73 bits per heavy atom. The van der Waals surface area contributed by atoms with Gasteiger partial charge in [0.2, 0.25) is 11.8 Å². The van der Waals surface area contributed by atoms with Gasteiger partial charge in [-0.2, -0.15) is 4.98 Å². The van der Waals surface area contributed by atoms with Crippen molar-refractivity contribution in [1.29, 1.82) is 0 Å². The highest BCUT2D eigenvalue weighted by atomic mass is 16.5. The summed E-state index contributed by atoms with van der Waals surface area (Å²) < 4.78 is 5.75. The van der Waals surface area contributed by atoms with Crippen LogP contribution < -0.4 is 10.5 Å². The van der Waals surface area contributed by atoms with E-state index < -0.39 is 0 Å². The molecular formula is C11H17N3O. The normalized spacial score (nSPS) is 26.2. The molecule has 1 fully saturated rings. The maximum atomic E-state index is 5.75. The molecule has 0 bridgehead atoms. The minimum Gasteiger partial charge on any atom is -0.474 e. The Morgan fingerprint density at radius 2 is 2.07 bits per heavy atom. The predicted molar refractivity (Wildman–Crippen MR) is 58.5 cm³/mol. The lowest BCUT2D eigenvalue weighted by atomic mass is 9.89. The lowest BCUT2D eigenvalue weighted by molar-refractivity contribution is 0.130. The maximum Gasteiger partial charge on any atom is 0.223 e. The summed E-state index contributed by atoms with van der Waals surface area (Å²) in [6.07, 6.45) is 6.64. The number of ether oxygens (including phenoxy) is 1. The van der Waals surface area contributed by atoms with Crippen LogP contribution in [0.25, 0.3) is 0 Å². The zero-order valence-electron chi connectivity index (χ0n) is 9.02. The van der Waals surface area contributed by atoms with Gasteiger partial charge in [-0.15, -0.1) is 0 Å². The Hall–Kier alpha value is -1.32. The highest BCUT2D eigenvalue weighted by Gasteiger charge is 2.19. The van der Waals surface area contributed by atoms with Crippen LogP contribution in [0.5, 0.6) is 5.88 Å². The molecular weight excluding hydrogens is 190 g/mol. The first-order valence-corrected chi connectivity index (χ1v) is 5.49. The van der Waals surface area contributed by atoms with Crippen LogP contribution in [0, 0.1) is 5.92 Å². The first-order valence-electron chi connectivity index (χ1n) is 5.49. The molecule has 1 aliphatic rings. The van der Waals surface area contributed by atoms with Gasteiger partial charge < -0.3 is 10.5 Å². The number of nitrogens with zero attached hydrogens (tertiary/aromatic N) is 2. The van der Waals surface area contributed by atoms with Crippen molar-refractivity contribution in [3.63, 3.8) is 0 Å². The average Bonchev–Trinajstić information content (AvgIpc) is 2.22. The SMILES string of the molecule is CC1CCC(Oc2ccnc(N)n2)CC1. The smallest absolute Gasteiger partial charge is 0.223 e. The summed E-state index contributed by atoms with van der Waals surface area (Å²) in [7, 11) is 0. The number of nitrogens with two attached hydrogens (primary N) is 1. The van der Waals surface area contributed by atoms with Crippen LogP contribution in [0.1, 0.15) is 32.6 Å². The number of hydrogen-bond donors (Lipinski definition) is 1. The molecule has 1 heterocycles. The second-order valence-corrected chi connectivity index (χ2v) is 4.25. The van der Waals surface area contributed by atoms with Crippen molar-refractivity contribution in [2.75, 3.05) is 5.73 Å². The van der Waals surface area contributed by atoms with Crippen molar-refractivity contribution < 1.29 is 4.74 Å². The minimum atomic E-state index is 0.275. The summed E-state index contributed by atoms with van der Waals surface area (Å²) in [4.78, 5) is 7.86. The van der Waals surface area contributed by atoms with Crippen molar-refractivity contribution in [2.45, 2.75) is 38.7 Å². The summed E-state index contributed by atoms with van der Waals surface area (Å²) in [5, 5.41) is 0. The number of aromatic nitrogens is 2. The molecule has 0 atom stereocenters. The van der Waals surface area contributed by atoms with E-state index in [-0.39, 0.29) is 5.95 Å². The third kappa shape index (κ3) is 2.81. The molecule has 82 valence electrons. The fourth-order valence-corrected chi connectivity index (χ4v) is 1.94. The molecule has 4 heteroatoms. The molecule has 0 aliphatic heterocycles. The van der Waals surface area contributed by atoms with Crippen LogP contribution in [0.2, 0.25) is 0 Å². The van der Waals surface area contributed by atoms with Gasteiger partial charge in [-0.3, -0.25) is 0 Å². The molecule has 1 aliphatic carbocycles. The van der Waals surface area contributed by atoms with E-state index in [0.29, 0.717) is 12.0 Å². The van der Waals surface area contributed by atoms with Crippen LogP contribution in [-0.4, -0.2) is 16.1 Å². The Kier molecular flexibility index (Phi) is 3.04. The third-order valence-corrected chi connectivity index (χ3v) is 2.90. The van der Waals surface area contributed by atoms with E-state index in [9.17, 15) is 0 Å². The summed E-state index contributed by atoms with van der Waals surface area (Å²) in [6, 6.07) is 1.76. The molecule has 0 amide bonds. The van der Waals surface area contributed by atoms with Gasteiger partial charge in [0, 0.05) is 12.3 Å². The maximum absolute atomic E-state index is 5.75. The van der Waals surface area contributed by atoms with Gasteiger partial charge in [0.05, 0.1) is 0 Å². The van der Waals surface area contributed by atoms with E-state index in [1.165, 1.54) is 12.8 Å². The highest BCUT2D eigenvalue weighted by molar-refractivity contribution is 5.20. The molecule has 4 nitrogen and oxygen atoms in total. The van der Waals surface area contributed by atoms with Crippen molar-refractivity contribution in [2.24, 2.45) is 5.92 Å².